The summed E-state index contributed by atoms with van der Waals surface area (Å²) in [7, 11) is 0. The van der Waals surface area contributed by atoms with Crippen molar-refractivity contribution in [2.75, 3.05) is 13.2 Å². The zero-order chi connectivity index (χ0) is 18.2. The molecule has 0 aliphatic rings. The summed E-state index contributed by atoms with van der Waals surface area (Å²) in [5.41, 5.74) is 1.69. The molecule has 0 fully saturated rings. The molecular weight excluding hydrogens is 340 g/mol. The summed E-state index contributed by atoms with van der Waals surface area (Å²) in [6.07, 6.45) is 2.15. The Kier molecular flexibility index (Phi) is 6.85. The summed E-state index contributed by atoms with van der Waals surface area (Å²) in [5, 5.41) is 12.5. The summed E-state index contributed by atoms with van der Waals surface area (Å²) in [6.45, 7) is 5.33. The van der Waals surface area contributed by atoms with Crippen LogP contribution in [0.5, 0.6) is 0 Å². The van der Waals surface area contributed by atoms with Crippen molar-refractivity contribution in [2.45, 2.75) is 19.4 Å². The standard InChI is InChI=1S/C18H20N2O4S/c1-3-9-24-11-14(18(22)23)20-17(21)16-12(2)19-15(25-16)10-13-7-5-4-6-8-13/h3-8,14H,1,9-11H2,2H3,(H,20,21)(H,22,23). The zero-order valence-corrected chi connectivity index (χ0v) is 14.7. The minimum atomic E-state index is -1.15. The molecule has 0 saturated carbocycles. The zero-order valence-electron chi connectivity index (χ0n) is 13.9. The Labute approximate surface area is 150 Å². The maximum atomic E-state index is 12.4. The van der Waals surface area contributed by atoms with E-state index in [1.165, 1.54) is 17.4 Å². The van der Waals surface area contributed by atoms with Crippen LogP contribution in [0.2, 0.25) is 0 Å². The lowest BCUT2D eigenvalue weighted by atomic mass is 10.2. The summed E-state index contributed by atoms with van der Waals surface area (Å²) >= 11 is 1.27. The summed E-state index contributed by atoms with van der Waals surface area (Å²) in [5.74, 6) is -1.60. The largest absolute Gasteiger partial charge is 0.480 e. The maximum absolute atomic E-state index is 12.4. The Morgan fingerprint density at radius 1 is 1.40 bits per heavy atom. The summed E-state index contributed by atoms with van der Waals surface area (Å²) in [4.78, 5) is 28.5. The highest BCUT2D eigenvalue weighted by atomic mass is 32.1. The Hall–Kier alpha value is -2.51. The molecule has 0 saturated heterocycles. The second kappa shape index (κ2) is 9.10. The average molecular weight is 360 g/mol. The van der Waals surface area contributed by atoms with Gasteiger partial charge in [0.2, 0.25) is 0 Å². The van der Waals surface area contributed by atoms with Crippen molar-refractivity contribution < 1.29 is 19.4 Å². The van der Waals surface area contributed by atoms with Gasteiger partial charge in [-0.25, -0.2) is 9.78 Å². The summed E-state index contributed by atoms with van der Waals surface area (Å²) in [6, 6.07) is 8.71. The molecule has 132 valence electrons. The van der Waals surface area contributed by atoms with Crippen LogP contribution in [0, 0.1) is 6.92 Å². The van der Waals surface area contributed by atoms with Gasteiger partial charge in [0.15, 0.2) is 6.04 Å². The van der Waals surface area contributed by atoms with Gasteiger partial charge >= 0.3 is 5.97 Å². The molecule has 2 aromatic rings. The lowest BCUT2D eigenvalue weighted by Crippen LogP contribution is -2.44. The first-order valence-electron chi connectivity index (χ1n) is 7.73. The van der Waals surface area contributed by atoms with Crippen LogP contribution >= 0.6 is 11.3 Å². The van der Waals surface area contributed by atoms with Crippen LogP contribution in [0.15, 0.2) is 43.0 Å². The number of amides is 1. The van der Waals surface area contributed by atoms with Crippen molar-refractivity contribution >= 4 is 23.2 Å². The third-order valence-corrected chi connectivity index (χ3v) is 4.53. The lowest BCUT2D eigenvalue weighted by Gasteiger charge is -2.13. The van der Waals surface area contributed by atoms with Gasteiger partial charge in [0, 0.05) is 6.42 Å². The predicted molar refractivity (Wildman–Crippen MR) is 96.0 cm³/mol. The van der Waals surface area contributed by atoms with Gasteiger partial charge in [0.05, 0.1) is 23.9 Å². The van der Waals surface area contributed by atoms with Crippen LogP contribution in [-0.2, 0) is 16.0 Å². The fourth-order valence-corrected chi connectivity index (χ4v) is 3.18. The van der Waals surface area contributed by atoms with E-state index in [9.17, 15) is 14.7 Å². The number of carboxylic acid groups (broad SMARTS) is 1. The number of carboxylic acids is 1. The number of hydrogen-bond acceptors (Lipinski definition) is 5. The first kappa shape index (κ1) is 18.8. The number of ether oxygens (including phenoxy) is 1. The van der Waals surface area contributed by atoms with E-state index < -0.39 is 17.9 Å². The highest BCUT2D eigenvalue weighted by molar-refractivity contribution is 7.13. The summed E-state index contributed by atoms with van der Waals surface area (Å²) < 4.78 is 5.13. The number of thiazole rings is 1. The van der Waals surface area contributed by atoms with E-state index in [0.717, 1.165) is 10.6 Å². The molecule has 2 rings (SSSR count). The first-order chi connectivity index (χ1) is 12.0. The molecule has 7 heteroatoms. The monoisotopic (exact) mass is 360 g/mol. The highest BCUT2D eigenvalue weighted by Gasteiger charge is 2.23. The van der Waals surface area contributed by atoms with Gasteiger partial charge in [-0.15, -0.1) is 17.9 Å². The SMILES string of the molecule is C=CCOCC(NC(=O)c1sc(Cc2ccccc2)nc1C)C(=O)O. The number of aromatic nitrogens is 1. The molecule has 1 atom stereocenters. The van der Waals surface area contributed by atoms with E-state index in [1.807, 2.05) is 30.3 Å². The van der Waals surface area contributed by atoms with Crippen molar-refractivity contribution in [2.24, 2.45) is 0 Å². The van der Waals surface area contributed by atoms with Crippen LogP contribution in [0.1, 0.15) is 25.9 Å². The van der Waals surface area contributed by atoms with Crippen LogP contribution in [0.25, 0.3) is 0 Å². The molecule has 6 nitrogen and oxygen atoms in total. The Morgan fingerprint density at radius 3 is 2.76 bits per heavy atom. The van der Waals surface area contributed by atoms with Crippen molar-refractivity contribution in [1.29, 1.82) is 0 Å². The fourth-order valence-electron chi connectivity index (χ4n) is 2.18. The number of nitrogens with one attached hydrogen (secondary N) is 1. The third-order valence-electron chi connectivity index (χ3n) is 3.37. The van der Waals surface area contributed by atoms with E-state index in [2.05, 4.69) is 16.9 Å². The molecule has 2 N–H and O–H groups in total. The third kappa shape index (κ3) is 5.51. The number of carbonyl (C=O) groups excluding carboxylic acids is 1. The van der Waals surface area contributed by atoms with Gasteiger partial charge in [0.25, 0.3) is 5.91 Å². The van der Waals surface area contributed by atoms with E-state index in [0.29, 0.717) is 17.0 Å². The molecule has 0 bridgehead atoms. The Morgan fingerprint density at radius 2 is 2.12 bits per heavy atom. The topological polar surface area (TPSA) is 88.5 Å². The van der Waals surface area contributed by atoms with Gasteiger partial charge in [0.1, 0.15) is 4.88 Å². The molecule has 0 aliphatic heterocycles. The molecule has 1 amide bonds. The number of carbonyl (C=O) groups is 2. The first-order valence-corrected chi connectivity index (χ1v) is 8.55. The molecule has 0 radical (unpaired) electrons. The van der Waals surface area contributed by atoms with Gasteiger partial charge < -0.3 is 15.2 Å². The second-order valence-corrected chi connectivity index (χ2v) is 6.46. The van der Waals surface area contributed by atoms with Gasteiger partial charge in [-0.3, -0.25) is 4.79 Å². The van der Waals surface area contributed by atoms with Crippen LogP contribution < -0.4 is 5.32 Å². The van der Waals surface area contributed by atoms with E-state index in [4.69, 9.17) is 4.74 Å². The molecular formula is C18H20N2O4S. The van der Waals surface area contributed by atoms with Crippen LogP contribution in [-0.4, -0.2) is 41.2 Å². The smallest absolute Gasteiger partial charge is 0.328 e. The highest BCUT2D eigenvalue weighted by Crippen LogP contribution is 2.21. The number of aryl methyl sites for hydroxylation is 1. The number of benzene rings is 1. The Balaban J connectivity index is 2.05. The number of rotatable bonds is 9. The number of aliphatic carboxylic acids is 1. The van der Waals surface area contributed by atoms with Gasteiger partial charge in [-0.2, -0.15) is 0 Å². The van der Waals surface area contributed by atoms with E-state index in [1.54, 1.807) is 6.92 Å². The van der Waals surface area contributed by atoms with Crippen molar-refractivity contribution in [3.8, 4) is 0 Å². The average Bonchev–Trinajstić information content (AvgIpc) is 2.95. The van der Waals surface area contributed by atoms with Crippen LogP contribution in [0.3, 0.4) is 0 Å². The molecule has 1 aromatic heterocycles. The molecule has 1 heterocycles. The molecule has 0 spiro atoms. The second-order valence-electron chi connectivity index (χ2n) is 5.37. The fraction of sp³-hybridized carbons (Fsp3) is 0.278. The number of nitrogens with zero attached hydrogens (tertiary/aromatic N) is 1. The van der Waals surface area contributed by atoms with Gasteiger partial charge in [-0.05, 0) is 12.5 Å². The minimum Gasteiger partial charge on any atom is -0.480 e. The molecule has 1 unspecified atom stereocenters. The lowest BCUT2D eigenvalue weighted by molar-refractivity contribution is -0.140. The molecule has 1 aromatic carbocycles. The molecule has 25 heavy (non-hydrogen) atoms. The molecule has 0 aliphatic carbocycles. The van der Waals surface area contributed by atoms with Crippen molar-refractivity contribution in [3.05, 3.63) is 64.1 Å². The van der Waals surface area contributed by atoms with Crippen LogP contribution in [0.4, 0.5) is 0 Å². The minimum absolute atomic E-state index is 0.123. The normalized spacial score (nSPS) is 11.7. The van der Waals surface area contributed by atoms with Crippen molar-refractivity contribution in [3.63, 3.8) is 0 Å². The Bertz CT molecular complexity index is 743. The maximum Gasteiger partial charge on any atom is 0.328 e. The van der Waals surface area contributed by atoms with E-state index in [-0.39, 0.29) is 13.2 Å². The van der Waals surface area contributed by atoms with Gasteiger partial charge in [-0.1, -0.05) is 36.4 Å². The van der Waals surface area contributed by atoms with E-state index >= 15 is 0 Å². The number of hydrogen-bond donors (Lipinski definition) is 2. The van der Waals surface area contributed by atoms with Crippen molar-refractivity contribution in [1.82, 2.24) is 10.3 Å². The quantitative estimate of drug-likeness (QED) is 0.530. The predicted octanol–water partition coefficient (Wildman–Crippen LogP) is 2.43.